The van der Waals surface area contributed by atoms with Crippen molar-refractivity contribution in [3.05, 3.63) is 83.9 Å². The van der Waals surface area contributed by atoms with E-state index in [0.29, 0.717) is 12.8 Å². The van der Waals surface area contributed by atoms with Crippen LogP contribution in [0, 0.1) is 0 Å². The van der Waals surface area contributed by atoms with Crippen LogP contribution >= 0.6 is 0 Å². The van der Waals surface area contributed by atoms with Crippen molar-refractivity contribution >= 4 is 22.8 Å². The molecular weight excluding hydrogens is 456 g/mol. The van der Waals surface area contributed by atoms with Crippen LogP contribution < -0.4 is 10.6 Å². The molecule has 0 spiro atoms. The third kappa shape index (κ3) is 7.06. The molecule has 0 aliphatic rings. The zero-order valence-electron chi connectivity index (χ0n) is 21.0. The average molecular weight is 493 g/mol. The van der Waals surface area contributed by atoms with Gasteiger partial charge in [-0.1, -0.05) is 86.1 Å². The summed E-state index contributed by atoms with van der Waals surface area (Å²) in [5.74, 6) is -0.766. The first-order valence-corrected chi connectivity index (χ1v) is 12.6. The number of aliphatic hydroxyl groups excluding tert-OH is 1. The average Bonchev–Trinajstić information content (AvgIpc) is 2.90. The van der Waals surface area contributed by atoms with Crippen molar-refractivity contribution in [2.75, 3.05) is 13.2 Å². The lowest BCUT2D eigenvalue weighted by atomic mass is 9.95. The molecule has 7 heteroatoms. The van der Waals surface area contributed by atoms with Crippen molar-refractivity contribution in [2.45, 2.75) is 57.8 Å². The minimum atomic E-state index is -1.90. The molecule has 0 aliphatic heterocycles. The number of hydrogen-bond donors (Lipinski definition) is 3. The summed E-state index contributed by atoms with van der Waals surface area (Å²) in [4.78, 5) is 26.1. The van der Waals surface area contributed by atoms with Crippen molar-refractivity contribution in [2.24, 2.45) is 0 Å². The van der Waals surface area contributed by atoms with Crippen molar-refractivity contribution < 1.29 is 24.2 Å². The number of nitrogens with one attached hydrogen (secondary N) is 2. The van der Waals surface area contributed by atoms with Gasteiger partial charge in [-0.2, -0.15) is 0 Å². The Balaban J connectivity index is 1.91. The number of hydrogen-bond acceptors (Lipinski definition) is 6. The number of carbonyl (C=O) groups is 2. The van der Waals surface area contributed by atoms with Crippen LogP contribution in [0.25, 0.3) is 10.8 Å². The number of amides is 1. The number of aliphatic hydroxyl groups is 1. The minimum Gasteiger partial charge on any atom is -0.463 e. The van der Waals surface area contributed by atoms with Crippen molar-refractivity contribution in [1.29, 1.82) is 0 Å². The Morgan fingerprint density at radius 1 is 0.944 bits per heavy atom. The van der Waals surface area contributed by atoms with Gasteiger partial charge in [-0.15, -0.1) is 0 Å². The molecule has 0 saturated carbocycles. The lowest BCUT2D eigenvalue weighted by Gasteiger charge is -2.37. The molecular formula is C29H36N2O5. The molecule has 0 heterocycles. The summed E-state index contributed by atoms with van der Waals surface area (Å²) >= 11 is 0. The summed E-state index contributed by atoms with van der Waals surface area (Å²) < 4.78 is 10.6. The van der Waals surface area contributed by atoms with E-state index >= 15 is 0 Å². The fourth-order valence-corrected chi connectivity index (χ4v) is 4.10. The molecule has 36 heavy (non-hydrogen) atoms. The van der Waals surface area contributed by atoms with Gasteiger partial charge in [-0.25, -0.2) is 9.59 Å². The molecule has 3 aromatic rings. The standard InChI is InChI=1S/C29H36N2O5/c1-3-5-20-36-28(34)31-29(27(33)35-4-2,26(32)19-18-22-12-7-6-8-13-22)30-21-24-16-11-15-23-14-9-10-17-25(23)24/h6-17,26,30,32H,3-5,18-21H2,1-2H3,(H,31,34). The van der Waals surface area contributed by atoms with E-state index in [1.165, 1.54) is 0 Å². The minimum absolute atomic E-state index is 0.0918. The smallest absolute Gasteiger partial charge is 0.409 e. The monoisotopic (exact) mass is 492 g/mol. The van der Waals surface area contributed by atoms with E-state index in [-0.39, 0.29) is 26.2 Å². The maximum Gasteiger partial charge on any atom is 0.409 e. The van der Waals surface area contributed by atoms with Gasteiger partial charge in [0.05, 0.1) is 13.2 Å². The highest BCUT2D eigenvalue weighted by Gasteiger charge is 2.48. The molecule has 1 amide bonds. The van der Waals surface area contributed by atoms with Gasteiger partial charge in [0.15, 0.2) is 0 Å². The van der Waals surface area contributed by atoms with Gasteiger partial charge in [-0.3, -0.25) is 10.6 Å². The molecule has 2 unspecified atom stereocenters. The second-order valence-corrected chi connectivity index (χ2v) is 8.67. The van der Waals surface area contributed by atoms with E-state index in [4.69, 9.17) is 9.47 Å². The Kier molecular flexibility index (Phi) is 10.3. The van der Waals surface area contributed by atoms with E-state index in [0.717, 1.165) is 28.3 Å². The number of benzene rings is 3. The van der Waals surface area contributed by atoms with Crippen LogP contribution in [0.4, 0.5) is 4.79 Å². The van der Waals surface area contributed by atoms with E-state index in [1.807, 2.05) is 79.7 Å². The van der Waals surface area contributed by atoms with Crippen LogP contribution in [-0.2, 0) is 27.2 Å². The van der Waals surface area contributed by atoms with E-state index < -0.39 is 23.8 Å². The third-order valence-corrected chi connectivity index (χ3v) is 6.11. The second-order valence-electron chi connectivity index (χ2n) is 8.67. The molecule has 0 aromatic heterocycles. The number of alkyl carbamates (subject to hydrolysis) is 1. The van der Waals surface area contributed by atoms with Crippen LogP contribution in [0.3, 0.4) is 0 Å². The van der Waals surface area contributed by atoms with Gasteiger partial charge in [0.2, 0.25) is 5.66 Å². The Morgan fingerprint density at radius 3 is 2.42 bits per heavy atom. The summed E-state index contributed by atoms with van der Waals surface area (Å²) in [6.45, 7) is 4.18. The maximum absolute atomic E-state index is 13.4. The zero-order valence-corrected chi connectivity index (χ0v) is 21.0. The van der Waals surface area contributed by atoms with Crippen LogP contribution in [-0.4, -0.2) is 42.1 Å². The second kappa shape index (κ2) is 13.6. The molecule has 192 valence electrons. The number of esters is 1. The molecule has 0 fully saturated rings. The highest BCUT2D eigenvalue weighted by atomic mass is 16.6. The van der Waals surface area contributed by atoms with Gasteiger partial charge in [0, 0.05) is 6.54 Å². The zero-order chi connectivity index (χ0) is 25.8. The Labute approximate surface area is 212 Å². The van der Waals surface area contributed by atoms with Gasteiger partial charge >= 0.3 is 12.1 Å². The SMILES string of the molecule is CCCCOC(=O)NC(NCc1cccc2ccccc12)(C(=O)OCC)C(O)CCc1ccccc1. The van der Waals surface area contributed by atoms with Crippen molar-refractivity contribution in [3.8, 4) is 0 Å². The Morgan fingerprint density at radius 2 is 1.67 bits per heavy atom. The summed E-state index contributed by atoms with van der Waals surface area (Å²) in [5, 5.41) is 19.2. The molecule has 3 N–H and O–H groups in total. The molecule has 7 nitrogen and oxygen atoms in total. The van der Waals surface area contributed by atoms with Crippen LogP contribution in [0.1, 0.15) is 44.2 Å². The van der Waals surface area contributed by atoms with Crippen molar-refractivity contribution in [3.63, 3.8) is 0 Å². The van der Waals surface area contributed by atoms with Gasteiger partial charge in [0.1, 0.15) is 6.10 Å². The van der Waals surface area contributed by atoms with E-state index in [9.17, 15) is 14.7 Å². The molecule has 3 aromatic carbocycles. The number of rotatable bonds is 13. The summed E-state index contributed by atoms with van der Waals surface area (Å²) in [6, 6.07) is 23.5. The number of aryl methyl sites for hydroxylation is 1. The van der Waals surface area contributed by atoms with Crippen molar-refractivity contribution in [1.82, 2.24) is 10.6 Å². The van der Waals surface area contributed by atoms with Gasteiger partial charge in [-0.05, 0) is 48.1 Å². The molecule has 3 rings (SSSR count). The third-order valence-electron chi connectivity index (χ3n) is 6.11. The predicted molar refractivity (Wildman–Crippen MR) is 140 cm³/mol. The first kappa shape index (κ1) is 27.2. The van der Waals surface area contributed by atoms with E-state index in [2.05, 4.69) is 10.6 Å². The van der Waals surface area contributed by atoms with Crippen LogP contribution in [0.15, 0.2) is 72.8 Å². The largest absolute Gasteiger partial charge is 0.463 e. The summed E-state index contributed by atoms with van der Waals surface area (Å²) in [5.41, 5.74) is 0.0254. The number of carbonyl (C=O) groups excluding carboxylic acids is 2. The highest BCUT2D eigenvalue weighted by Crippen LogP contribution is 2.22. The molecule has 0 radical (unpaired) electrons. The lowest BCUT2D eigenvalue weighted by Crippen LogP contribution is -2.71. The van der Waals surface area contributed by atoms with Gasteiger partial charge in [0.25, 0.3) is 0 Å². The molecule has 0 aliphatic carbocycles. The number of unbranched alkanes of at least 4 members (excludes halogenated alkanes) is 1. The normalized spacial score (nSPS) is 13.5. The topological polar surface area (TPSA) is 96.9 Å². The first-order valence-electron chi connectivity index (χ1n) is 12.6. The van der Waals surface area contributed by atoms with Crippen LogP contribution in [0.2, 0.25) is 0 Å². The fourth-order valence-electron chi connectivity index (χ4n) is 4.10. The molecule has 2 atom stereocenters. The molecule has 0 bridgehead atoms. The Hall–Kier alpha value is -3.42. The Bertz CT molecular complexity index is 1120. The first-order chi connectivity index (χ1) is 17.5. The number of fused-ring (bicyclic) bond motifs is 1. The highest BCUT2D eigenvalue weighted by molar-refractivity contribution is 5.87. The van der Waals surface area contributed by atoms with Crippen LogP contribution in [0.5, 0.6) is 0 Å². The molecule has 0 saturated heterocycles. The summed E-state index contributed by atoms with van der Waals surface area (Å²) in [7, 11) is 0. The lowest BCUT2D eigenvalue weighted by molar-refractivity contribution is -0.159. The summed E-state index contributed by atoms with van der Waals surface area (Å²) in [6.07, 6.45) is 0.188. The predicted octanol–water partition coefficient (Wildman–Crippen LogP) is 4.71. The fraction of sp³-hybridized carbons (Fsp3) is 0.379. The quantitative estimate of drug-likeness (QED) is 0.182. The van der Waals surface area contributed by atoms with Gasteiger partial charge < -0.3 is 14.6 Å². The van der Waals surface area contributed by atoms with E-state index in [1.54, 1.807) is 6.92 Å². The number of ether oxygens (including phenoxy) is 2. The maximum atomic E-state index is 13.4.